The third kappa shape index (κ3) is 4.22. The van der Waals surface area contributed by atoms with Crippen LogP contribution in [-0.4, -0.2) is 10.9 Å². The predicted molar refractivity (Wildman–Crippen MR) is 140 cm³/mol. The van der Waals surface area contributed by atoms with Crippen LogP contribution in [0.1, 0.15) is 46.3 Å². The van der Waals surface area contributed by atoms with E-state index in [1.54, 1.807) is 0 Å². The zero-order chi connectivity index (χ0) is 23.8. The van der Waals surface area contributed by atoms with E-state index in [0.29, 0.717) is 6.04 Å². The van der Waals surface area contributed by atoms with Crippen molar-refractivity contribution in [3.8, 4) is 0 Å². The van der Waals surface area contributed by atoms with Gasteiger partial charge in [0, 0.05) is 23.7 Å². The van der Waals surface area contributed by atoms with Gasteiger partial charge in [-0.15, -0.1) is 0 Å². The first-order valence-corrected chi connectivity index (χ1v) is 13.4. The molecule has 0 spiro atoms. The molecule has 4 aromatic carbocycles. The first-order valence-electron chi connectivity index (χ1n) is 12.1. The summed E-state index contributed by atoms with van der Waals surface area (Å²) in [5.41, 5.74) is 6.89. The number of rotatable bonds is 6. The van der Waals surface area contributed by atoms with Crippen molar-refractivity contribution in [1.82, 2.24) is 4.90 Å². The van der Waals surface area contributed by atoms with Crippen LogP contribution in [0, 0.1) is 5.82 Å². The van der Waals surface area contributed by atoms with Crippen molar-refractivity contribution in [2.75, 3.05) is 0 Å². The molecule has 0 radical (unpaired) electrons. The van der Waals surface area contributed by atoms with Gasteiger partial charge in [-0.2, -0.15) is 0 Å². The van der Waals surface area contributed by atoms with Crippen LogP contribution in [0.25, 0.3) is 5.57 Å². The summed E-state index contributed by atoms with van der Waals surface area (Å²) in [5.74, 6) is -0.269. The maximum atomic E-state index is 14.9. The molecule has 0 bridgehead atoms. The monoisotopic (exact) mass is 478 g/mol. The normalized spacial score (nSPS) is 15.8. The second kappa shape index (κ2) is 9.24. The Bertz CT molecular complexity index is 1360. The number of benzene rings is 4. The maximum Gasteiger partial charge on any atom is 0.408 e. The van der Waals surface area contributed by atoms with Crippen LogP contribution in [0.3, 0.4) is 0 Å². The van der Waals surface area contributed by atoms with Crippen molar-refractivity contribution in [3.05, 3.63) is 148 Å². The van der Waals surface area contributed by atoms with Crippen LogP contribution in [-0.2, 0) is 11.1 Å². The lowest BCUT2D eigenvalue weighted by Crippen LogP contribution is -2.29. The molecule has 0 saturated heterocycles. The number of halogens is 1. The second-order valence-electron chi connectivity index (χ2n) is 9.27. The van der Waals surface area contributed by atoms with Gasteiger partial charge in [0.2, 0.25) is 5.66 Å². The van der Waals surface area contributed by atoms with E-state index in [4.69, 9.17) is 0 Å². The van der Waals surface area contributed by atoms with E-state index in [0.717, 1.165) is 52.7 Å². The van der Waals surface area contributed by atoms with E-state index < -0.39 is 7.80 Å². The van der Waals surface area contributed by atoms with Crippen LogP contribution in [0.2, 0.25) is 0 Å². The van der Waals surface area contributed by atoms with Gasteiger partial charge < -0.3 is 4.90 Å². The Morgan fingerprint density at radius 1 is 0.743 bits per heavy atom. The van der Waals surface area contributed by atoms with Crippen molar-refractivity contribution >= 4 is 13.4 Å². The molecule has 1 aliphatic heterocycles. The molecule has 1 unspecified atom stereocenters. The van der Waals surface area contributed by atoms with Crippen LogP contribution in [0.5, 0.6) is 0 Å². The van der Waals surface area contributed by atoms with Gasteiger partial charge in [0.25, 0.3) is 5.44 Å². The average Bonchev–Trinajstić information content (AvgIpc) is 3.75. The summed E-state index contributed by atoms with van der Waals surface area (Å²) < 4.78 is 28.8. The van der Waals surface area contributed by atoms with E-state index in [9.17, 15) is 8.96 Å². The van der Waals surface area contributed by atoms with Gasteiger partial charge in [0.15, 0.2) is 0 Å². The van der Waals surface area contributed by atoms with E-state index >= 15 is 0 Å². The number of nitrogens with zero attached hydrogens (tertiary/aromatic N) is 1. The molecule has 1 saturated carbocycles. The molecule has 4 aromatic rings. The standard InChI is InChI=1S/C31H26FNOP/c32-26-17-15-22(16-18-26)29-28-14-8-7-13-25(28)21-33(27-19-20-27)31(29)35(34)30(23-9-3-1-4-10-23)24-11-5-2-6-12-24/h1-18,27,30H,19-21H2/q+1. The lowest BCUT2D eigenvalue weighted by atomic mass is 9.91. The minimum absolute atomic E-state index is 0.269. The zero-order valence-corrected chi connectivity index (χ0v) is 20.2. The molecule has 35 heavy (non-hydrogen) atoms. The largest absolute Gasteiger partial charge is 0.408 e. The molecule has 2 aliphatic rings. The molecule has 0 aromatic heterocycles. The van der Waals surface area contributed by atoms with Crippen LogP contribution in [0.4, 0.5) is 4.39 Å². The van der Waals surface area contributed by atoms with Gasteiger partial charge >= 0.3 is 7.80 Å². The fourth-order valence-electron chi connectivity index (χ4n) is 5.11. The maximum absolute atomic E-state index is 14.9. The van der Waals surface area contributed by atoms with Crippen LogP contribution >= 0.6 is 7.80 Å². The summed E-state index contributed by atoms with van der Waals surface area (Å²) in [4.78, 5) is 2.37. The molecule has 6 rings (SSSR count). The molecule has 0 amide bonds. The first-order chi connectivity index (χ1) is 17.2. The van der Waals surface area contributed by atoms with Gasteiger partial charge in [-0.05, 0) is 41.7 Å². The molecule has 0 N–H and O–H groups in total. The summed E-state index contributed by atoms with van der Waals surface area (Å²) in [6, 6.07) is 35.7. The summed E-state index contributed by atoms with van der Waals surface area (Å²) in [7, 11) is -1.88. The topological polar surface area (TPSA) is 20.3 Å². The van der Waals surface area contributed by atoms with Crippen molar-refractivity contribution in [3.63, 3.8) is 0 Å². The van der Waals surface area contributed by atoms with Crippen LogP contribution < -0.4 is 0 Å². The first kappa shape index (κ1) is 21.9. The number of hydrogen-bond donors (Lipinski definition) is 0. The summed E-state index contributed by atoms with van der Waals surface area (Å²) in [5, 5.41) is 0. The predicted octanol–water partition coefficient (Wildman–Crippen LogP) is 8.14. The van der Waals surface area contributed by atoms with E-state index in [2.05, 4.69) is 47.4 Å². The minimum atomic E-state index is -1.88. The zero-order valence-electron chi connectivity index (χ0n) is 19.3. The smallest absolute Gasteiger partial charge is 0.326 e. The summed E-state index contributed by atoms with van der Waals surface area (Å²) in [6.45, 7) is 0.748. The Morgan fingerprint density at radius 3 is 1.91 bits per heavy atom. The van der Waals surface area contributed by atoms with Gasteiger partial charge in [-0.3, -0.25) is 0 Å². The van der Waals surface area contributed by atoms with Gasteiger partial charge in [-0.25, -0.2) is 4.39 Å². The SMILES string of the molecule is O=[P+](C1=C(c2ccc(F)cc2)c2ccccc2CN1C1CC1)C(c1ccccc1)c1ccccc1. The highest BCUT2D eigenvalue weighted by atomic mass is 31.1. The summed E-state index contributed by atoms with van der Waals surface area (Å²) >= 11 is 0. The number of hydrogen-bond acceptors (Lipinski definition) is 2. The Morgan fingerprint density at radius 2 is 1.31 bits per heavy atom. The second-order valence-corrected chi connectivity index (χ2v) is 10.9. The molecule has 1 fully saturated rings. The van der Waals surface area contributed by atoms with Gasteiger partial charge in [-0.1, -0.05) is 102 Å². The number of fused-ring (bicyclic) bond motifs is 1. The molecule has 172 valence electrons. The Balaban J connectivity index is 1.61. The van der Waals surface area contributed by atoms with Gasteiger partial charge in [0.1, 0.15) is 5.82 Å². The highest BCUT2D eigenvalue weighted by Gasteiger charge is 2.48. The Hall–Kier alpha value is -3.55. The molecule has 1 aliphatic carbocycles. The highest BCUT2D eigenvalue weighted by Crippen LogP contribution is 2.58. The fourth-order valence-corrected chi connectivity index (χ4v) is 7.19. The molecular formula is C31H26FNOP+. The van der Waals surface area contributed by atoms with Crippen molar-refractivity contribution in [2.45, 2.75) is 31.1 Å². The van der Waals surface area contributed by atoms with E-state index in [1.165, 1.54) is 17.7 Å². The molecule has 1 heterocycles. The van der Waals surface area contributed by atoms with E-state index in [-0.39, 0.29) is 11.5 Å². The van der Waals surface area contributed by atoms with Crippen molar-refractivity contribution in [1.29, 1.82) is 0 Å². The van der Waals surface area contributed by atoms with Crippen LogP contribution in [0.15, 0.2) is 115 Å². The average molecular weight is 479 g/mol. The van der Waals surface area contributed by atoms with E-state index in [1.807, 2.05) is 54.6 Å². The van der Waals surface area contributed by atoms with Gasteiger partial charge in [0.05, 0.1) is 5.57 Å². The molecule has 1 atom stereocenters. The minimum Gasteiger partial charge on any atom is -0.326 e. The molecular weight excluding hydrogens is 452 g/mol. The van der Waals surface area contributed by atoms with Crippen molar-refractivity contribution < 1.29 is 8.96 Å². The third-order valence-corrected chi connectivity index (χ3v) is 8.88. The fraction of sp³-hybridized carbons (Fsp3) is 0.161. The van der Waals surface area contributed by atoms with Crippen molar-refractivity contribution in [2.24, 2.45) is 0 Å². The molecule has 4 heteroatoms. The third-order valence-electron chi connectivity index (χ3n) is 6.92. The summed E-state index contributed by atoms with van der Waals surface area (Å²) in [6.07, 6.45) is 2.21. The quantitative estimate of drug-likeness (QED) is 0.261. The highest BCUT2D eigenvalue weighted by molar-refractivity contribution is 7.50. The Labute approximate surface area is 206 Å². The lowest BCUT2D eigenvalue weighted by molar-refractivity contribution is 0.341. The molecule has 2 nitrogen and oxygen atoms in total. The Kier molecular flexibility index (Phi) is 5.80. The lowest BCUT2D eigenvalue weighted by Gasteiger charge is -2.31.